The molecule has 1 atom stereocenters. The fourth-order valence-electron chi connectivity index (χ4n) is 3.44. The van der Waals surface area contributed by atoms with Crippen LogP contribution in [-0.2, 0) is 21.4 Å². The molecule has 174 valence electrons. The van der Waals surface area contributed by atoms with Gasteiger partial charge in [0.1, 0.15) is 18.9 Å². The van der Waals surface area contributed by atoms with E-state index >= 15 is 0 Å². The average Bonchev–Trinajstić information content (AvgIpc) is 2.81. The van der Waals surface area contributed by atoms with E-state index in [1.165, 1.54) is 0 Å². The molecule has 0 spiro atoms. The molecule has 7 heteroatoms. The first-order valence-corrected chi connectivity index (χ1v) is 12.7. The summed E-state index contributed by atoms with van der Waals surface area (Å²) < 4.78 is 31.8. The molecule has 3 rings (SSSR count). The minimum absolute atomic E-state index is 0.187. The molecule has 1 N–H and O–H groups in total. The Labute approximate surface area is 196 Å². The summed E-state index contributed by atoms with van der Waals surface area (Å²) in [5, 5.41) is 2.95. The van der Waals surface area contributed by atoms with Crippen molar-refractivity contribution in [3.8, 4) is 5.75 Å². The van der Waals surface area contributed by atoms with E-state index in [4.69, 9.17) is 4.74 Å². The van der Waals surface area contributed by atoms with Gasteiger partial charge in [-0.2, -0.15) is 0 Å². The highest BCUT2D eigenvalue weighted by atomic mass is 32.2. The number of hydrogen-bond donors (Lipinski definition) is 1. The highest BCUT2D eigenvalue weighted by molar-refractivity contribution is 7.92. The topological polar surface area (TPSA) is 75.7 Å². The van der Waals surface area contributed by atoms with Crippen molar-refractivity contribution in [1.82, 2.24) is 5.32 Å². The lowest BCUT2D eigenvalue weighted by atomic mass is 10.0. The second kappa shape index (κ2) is 11.0. The fourth-order valence-corrected chi connectivity index (χ4v) is 4.30. The van der Waals surface area contributed by atoms with Gasteiger partial charge in [-0.1, -0.05) is 67.1 Å². The lowest BCUT2D eigenvalue weighted by Crippen LogP contribution is -2.41. The van der Waals surface area contributed by atoms with Crippen molar-refractivity contribution in [1.29, 1.82) is 0 Å². The molecule has 33 heavy (non-hydrogen) atoms. The Hall–Kier alpha value is -3.32. The molecule has 0 aliphatic heterocycles. The van der Waals surface area contributed by atoms with Crippen molar-refractivity contribution in [2.75, 3.05) is 17.1 Å². The minimum Gasteiger partial charge on any atom is -0.489 e. The number of nitrogens with zero attached hydrogens (tertiary/aromatic N) is 1. The van der Waals surface area contributed by atoms with Crippen molar-refractivity contribution in [2.45, 2.75) is 32.9 Å². The smallest absolute Gasteiger partial charge is 0.241 e. The average molecular weight is 467 g/mol. The number of nitrogens with one attached hydrogen (secondary N) is 1. The lowest BCUT2D eigenvalue weighted by molar-refractivity contribution is -0.120. The Morgan fingerprint density at radius 1 is 0.970 bits per heavy atom. The molecule has 3 aromatic carbocycles. The molecule has 0 aliphatic carbocycles. The highest BCUT2D eigenvalue weighted by Crippen LogP contribution is 2.23. The van der Waals surface area contributed by atoms with Gasteiger partial charge in [0.2, 0.25) is 15.9 Å². The van der Waals surface area contributed by atoms with Crippen LogP contribution >= 0.6 is 0 Å². The summed E-state index contributed by atoms with van der Waals surface area (Å²) in [6.45, 7) is 4.10. The van der Waals surface area contributed by atoms with Gasteiger partial charge in [-0.15, -0.1) is 0 Å². The second-order valence-corrected chi connectivity index (χ2v) is 9.88. The lowest BCUT2D eigenvalue weighted by Gasteiger charge is -2.24. The summed E-state index contributed by atoms with van der Waals surface area (Å²) in [5.41, 5.74) is 3.57. The molecule has 1 unspecified atom stereocenters. The number of carbonyl (C=O) groups excluding carboxylic acids is 1. The first-order valence-electron chi connectivity index (χ1n) is 10.9. The third-order valence-corrected chi connectivity index (χ3v) is 6.42. The number of ether oxygens (including phenoxy) is 1. The molecular formula is C26H30N2O4S. The third-order valence-electron chi connectivity index (χ3n) is 5.28. The van der Waals surface area contributed by atoms with Crippen LogP contribution in [0.15, 0.2) is 78.9 Å². The van der Waals surface area contributed by atoms with Gasteiger partial charge < -0.3 is 10.1 Å². The van der Waals surface area contributed by atoms with Crippen molar-refractivity contribution in [2.24, 2.45) is 0 Å². The van der Waals surface area contributed by atoms with Gasteiger partial charge >= 0.3 is 0 Å². The van der Waals surface area contributed by atoms with E-state index in [9.17, 15) is 13.2 Å². The quantitative estimate of drug-likeness (QED) is 0.474. The molecule has 1 amide bonds. The maximum atomic E-state index is 12.8. The fraction of sp³-hybridized carbons (Fsp3) is 0.269. The van der Waals surface area contributed by atoms with Gasteiger partial charge in [0, 0.05) is 0 Å². The zero-order valence-electron chi connectivity index (χ0n) is 19.2. The molecule has 3 aromatic rings. The predicted molar refractivity (Wildman–Crippen MR) is 132 cm³/mol. The summed E-state index contributed by atoms with van der Waals surface area (Å²) in [7, 11) is -3.66. The van der Waals surface area contributed by atoms with Crippen LogP contribution in [0.5, 0.6) is 5.75 Å². The number of sulfonamides is 1. The van der Waals surface area contributed by atoms with Crippen LogP contribution in [0.2, 0.25) is 0 Å². The van der Waals surface area contributed by atoms with Crippen LogP contribution in [0, 0.1) is 6.92 Å². The zero-order valence-corrected chi connectivity index (χ0v) is 20.0. The van der Waals surface area contributed by atoms with Crippen LogP contribution in [0.4, 0.5) is 5.69 Å². The van der Waals surface area contributed by atoms with Gasteiger partial charge in [-0.05, 0) is 48.7 Å². The van der Waals surface area contributed by atoms with E-state index in [2.05, 4.69) is 5.32 Å². The molecule has 0 bridgehead atoms. The zero-order chi connectivity index (χ0) is 23.8. The van der Waals surface area contributed by atoms with Crippen LogP contribution in [-0.4, -0.2) is 27.1 Å². The molecule has 0 aromatic heterocycles. The van der Waals surface area contributed by atoms with Gasteiger partial charge in [0.25, 0.3) is 0 Å². The SMILES string of the molecule is CCC(NC(=O)CN(c1ccc(OCc2ccccc2)cc1)S(C)(=O)=O)c1ccc(C)cc1. The maximum Gasteiger partial charge on any atom is 0.241 e. The number of benzene rings is 3. The summed E-state index contributed by atoms with van der Waals surface area (Å²) in [6, 6.07) is 24.2. The molecule has 0 heterocycles. The van der Waals surface area contributed by atoms with E-state index in [-0.39, 0.29) is 18.5 Å². The Kier molecular flexibility index (Phi) is 8.11. The van der Waals surface area contributed by atoms with E-state index < -0.39 is 10.0 Å². The summed E-state index contributed by atoms with van der Waals surface area (Å²) >= 11 is 0. The Bertz CT molecular complexity index is 1150. The van der Waals surface area contributed by atoms with E-state index in [1.54, 1.807) is 24.3 Å². The van der Waals surface area contributed by atoms with E-state index in [0.29, 0.717) is 24.5 Å². The summed E-state index contributed by atoms with van der Waals surface area (Å²) in [5.74, 6) is 0.253. The molecule has 0 saturated heterocycles. The van der Waals surface area contributed by atoms with Gasteiger partial charge in [-0.25, -0.2) is 8.42 Å². The second-order valence-electron chi connectivity index (χ2n) is 7.98. The Balaban J connectivity index is 1.67. The number of hydrogen-bond acceptors (Lipinski definition) is 4. The van der Waals surface area contributed by atoms with Crippen LogP contribution in [0.1, 0.15) is 36.1 Å². The predicted octanol–water partition coefficient (Wildman–Crippen LogP) is 4.61. The van der Waals surface area contributed by atoms with E-state index in [0.717, 1.165) is 27.3 Å². The maximum absolute atomic E-state index is 12.8. The molecule has 0 radical (unpaired) electrons. The Morgan fingerprint density at radius 3 is 2.18 bits per heavy atom. The van der Waals surface area contributed by atoms with E-state index in [1.807, 2.05) is 68.4 Å². The van der Waals surface area contributed by atoms with Crippen LogP contribution < -0.4 is 14.4 Å². The molecule has 6 nitrogen and oxygen atoms in total. The largest absolute Gasteiger partial charge is 0.489 e. The van der Waals surface area contributed by atoms with Crippen molar-refractivity contribution in [3.05, 3.63) is 95.6 Å². The third kappa shape index (κ3) is 7.08. The van der Waals surface area contributed by atoms with Crippen molar-refractivity contribution >= 4 is 21.6 Å². The first-order chi connectivity index (χ1) is 15.8. The standard InChI is InChI=1S/C26H30N2O4S/c1-4-25(22-12-10-20(2)11-13-22)27-26(29)18-28(33(3,30)31)23-14-16-24(17-15-23)32-19-21-8-6-5-7-9-21/h5-17,25H,4,18-19H2,1-3H3,(H,27,29). The molecule has 0 fully saturated rings. The van der Waals surface area contributed by atoms with Crippen LogP contribution in [0.3, 0.4) is 0 Å². The first kappa shape index (κ1) is 24.3. The highest BCUT2D eigenvalue weighted by Gasteiger charge is 2.22. The van der Waals surface area contributed by atoms with Crippen molar-refractivity contribution in [3.63, 3.8) is 0 Å². The van der Waals surface area contributed by atoms with Crippen molar-refractivity contribution < 1.29 is 17.9 Å². The number of carbonyl (C=O) groups is 1. The summed E-state index contributed by atoms with van der Waals surface area (Å²) in [6.07, 6.45) is 1.79. The van der Waals surface area contributed by atoms with Crippen LogP contribution in [0.25, 0.3) is 0 Å². The van der Waals surface area contributed by atoms with Gasteiger partial charge in [0.05, 0.1) is 18.0 Å². The minimum atomic E-state index is -3.66. The summed E-state index contributed by atoms with van der Waals surface area (Å²) in [4.78, 5) is 12.8. The normalized spacial score (nSPS) is 12.1. The number of anilines is 1. The number of aryl methyl sites for hydroxylation is 1. The monoisotopic (exact) mass is 466 g/mol. The number of amides is 1. The molecule has 0 saturated carbocycles. The van der Waals surface area contributed by atoms with Gasteiger partial charge in [-0.3, -0.25) is 9.10 Å². The molecule has 0 aliphatic rings. The molecular weight excluding hydrogens is 436 g/mol. The van der Waals surface area contributed by atoms with Gasteiger partial charge in [0.15, 0.2) is 0 Å². The number of rotatable bonds is 10. The Morgan fingerprint density at radius 2 is 1.61 bits per heavy atom.